The standard InChI is InChI=1S/C14H21N5/c1-19(13-4-2-3-5-13)7-6-17-14-11(9-15)8-12(16)10-18-14/h8,10,13H,2-7,16H2,1H3,(H,17,18). The highest BCUT2D eigenvalue weighted by Crippen LogP contribution is 2.22. The van der Waals surface area contributed by atoms with E-state index >= 15 is 0 Å². The molecular formula is C14H21N5. The number of hydrogen-bond acceptors (Lipinski definition) is 5. The quantitative estimate of drug-likeness (QED) is 0.843. The molecule has 0 aromatic carbocycles. The first-order chi connectivity index (χ1) is 9.20. The van der Waals surface area contributed by atoms with Gasteiger partial charge in [0.2, 0.25) is 0 Å². The van der Waals surface area contributed by atoms with Gasteiger partial charge in [-0.25, -0.2) is 4.98 Å². The van der Waals surface area contributed by atoms with E-state index in [1.807, 2.05) is 0 Å². The molecule has 0 spiro atoms. The van der Waals surface area contributed by atoms with Crippen LogP contribution in [0.4, 0.5) is 11.5 Å². The number of nitrogens with two attached hydrogens (primary N) is 1. The van der Waals surface area contributed by atoms with Crippen LogP contribution in [-0.4, -0.2) is 36.1 Å². The van der Waals surface area contributed by atoms with Crippen molar-refractivity contribution in [2.24, 2.45) is 0 Å². The maximum Gasteiger partial charge on any atom is 0.144 e. The summed E-state index contributed by atoms with van der Waals surface area (Å²) < 4.78 is 0. The second kappa shape index (κ2) is 6.39. The third-order valence-corrected chi connectivity index (χ3v) is 3.73. The van der Waals surface area contributed by atoms with Crippen LogP contribution < -0.4 is 11.1 Å². The van der Waals surface area contributed by atoms with E-state index in [2.05, 4.69) is 28.3 Å². The van der Waals surface area contributed by atoms with Crippen LogP contribution in [0, 0.1) is 11.3 Å². The van der Waals surface area contributed by atoms with Gasteiger partial charge in [0.1, 0.15) is 11.9 Å². The van der Waals surface area contributed by atoms with Crippen molar-refractivity contribution in [2.75, 3.05) is 31.2 Å². The minimum atomic E-state index is 0.503. The highest BCUT2D eigenvalue weighted by Gasteiger charge is 2.18. The molecule has 5 nitrogen and oxygen atoms in total. The Morgan fingerprint density at radius 2 is 2.26 bits per heavy atom. The summed E-state index contributed by atoms with van der Waals surface area (Å²) in [6, 6.07) is 4.48. The predicted molar refractivity (Wildman–Crippen MR) is 76.7 cm³/mol. The van der Waals surface area contributed by atoms with Gasteiger partial charge in [-0.1, -0.05) is 12.8 Å². The Morgan fingerprint density at radius 1 is 1.53 bits per heavy atom. The third-order valence-electron chi connectivity index (χ3n) is 3.73. The summed E-state index contributed by atoms with van der Waals surface area (Å²) in [5.41, 5.74) is 6.63. The van der Waals surface area contributed by atoms with Gasteiger partial charge in [-0.05, 0) is 26.0 Å². The molecule has 1 heterocycles. The number of rotatable bonds is 5. The Hall–Kier alpha value is -1.80. The Balaban J connectivity index is 1.84. The van der Waals surface area contributed by atoms with Crippen LogP contribution in [0.25, 0.3) is 0 Å². The summed E-state index contributed by atoms with van der Waals surface area (Å²) in [5, 5.41) is 12.2. The van der Waals surface area contributed by atoms with E-state index in [-0.39, 0.29) is 0 Å². The molecule has 0 radical (unpaired) electrons. The van der Waals surface area contributed by atoms with E-state index in [1.54, 1.807) is 12.3 Å². The lowest BCUT2D eigenvalue weighted by Crippen LogP contribution is -2.33. The first-order valence-corrected chi connectivity index (χ1v) is 6.80. The van der Waals surface area contributed by atoms with Gasteiger partial charge >= 0.3 is 0 Å². The number of aromatic nitrogens is 1. The van der Waals surface area contributed by atoms with E-state index in [9.17, 15) is 0 Å². The molecule has 5 heteroatoms. The fraction of sp³-hybridized carbons (Fsp3) is 0.571. The smallest absolute Gasteiger partial charge is 0.144 e. The van der Waals surface area contributed by atoms with Crippen molar-refractivity contribution in [2.45, 2.75) is 31.7 Å². The van der Waals surface area contributed by atoms with Crippen molar-refractivity contribution in [3.05, 3.63) is 17.8 Å². The number of anilines is 2. The Kier molecular flexibility index (Phi) is 4.58. The SMILES string of the molecule is CN(CCNc1ncc(N)cc1C#N)C1CCCC1. The summed E-state index contributed by atoms with van der Waals surface area (Å²) in [6.07, 6.45) is 6.88. The molecule has 0 unspecified atom stereocenters. The number of nitrogens with one attached hydrogen (secondary N) is 1. The molecule has 1 aromatic rings. The molecule has 0 aliphatic heterocycles. The van der Waals surface area contributed by atoms with E-state index in [1.165, 1.54) is 25.7 Å². The summed E-state index contributed by atoms with van der Waals surface area (Å²) in [6.45, 7) is 1.75. The van der Waals surface area contributed by atoms with Crippen molar-refractivity contribution in [1.29, 1.82) is 5.26 Å². The fourth-order valence-corrected chi connectivity index (χ4v) is 2.59. The monoisotopic (exact) mass is 259 g/mol. The first kappa shape index (κ1) is 13.6. The first-order valence-electron chi connectivity index (χ1n) is 6.80. The van der Waals surface area contributed by atoms with Gasteiger partial charge in [-0.15, -0.1) is 0 Å². The zero-order valence-electron chi connectivity index (χ0n) is 11.4. The van der Waals surface area contributed by atoms with Crippen molar-refractivity contribution < 1.29 is 0 Å². The zero-order valence-corrected chi connectivity index (χ0v) is 11.4. The highest BCUT2D eigenvalue weighted by molar-refractivity contribution is 5.57. The second-order valence-corrected chi connectivity index (χ2v) is 5.12. The van der Waals surface area contributed by atoms with Crippen molar-refractivity contribution in [3.8, 4) is 6.07 Å². The summed E-state index contributed by atoms with van der Waals surface area (Å²) in [4.78, 5) is 6.56. The molecule has 0 saturated heterocycles. The molecule has 1 aliphatic carbocycles. The zero-order chi connectivity index (χ0) is 13.7. The van der Waals surface area contributed by atoms with Crippen molar-refractivity contribution in [1.82, 2.24) is 9.88 Å². The fourth-order valence-electron chi connectivity index (χ4n) is 2.59. The Labute approximate surface area is 114 Å². The van der Waals surface area contributed by atoms with Crippen LogP contribution in [-0.2, 0) is 0 Å². The lowest BCUT2D eigenvalue weighted by atomic mass is 10.2. The Bertz CT molecular complexity index is 459. The highest BCUT2D eigenvalue weighted by atomic mass is 15.1. The minimum absolute atomic E-state index is 0.503. The normalized spacial score (nSPS) is 15.6. The minimum Gasteiger partial charge on any atom is -0.397 e. The van der Waals surface area contributed by atoms with Crippen LogP contribution in [0.5, 0.6) is 0 Å². The molecule has 0 amide bonds. The van der Waals surface area contributed by atoms with Crippen LogP contribution in [0.1, 0.15) is 31.2 Å². The number of nitriles is 1. The summed E-state index contributed by atoms with van der Waals surface area (Å²) >= 11 is 0. The number of hydrogen-bond donors (Lipinski definition) is 2. The molecule has 1 aliphatic rings. The molecule has 1 saturated carbocycles. The number of nitrogens with zero attached hydrogens (tertiary/aromatic N) is 3. The maximum atomic E-state index is 9.03. The van der Waals surface area contributed by atoms with Gasteiger partial charge in [0.15, 0.2) is 0 Å². The van der Waals surface area contributed by atoms with Crippen LogP contribution in [0.15, 0.2) is 12.3 Å². The lowest BCUT2D eigenvalue weighted by Gasteiger charge is -2.24. The maximum absolute atomic E-state index is 9.03. The van der Waals surface area contributed by atoms with E-state index in [0.717, 1.165) is 19.1 Å². The molecule has 102 valence electrons. The van der Waals surface area contributed by atoms with E-state index in [0.29, 0.717) is 17.1 Å². The lowest BCUT2D eigenvalue weighted by molar-refractivity contribution is 0.254. The van der Waals surface area contributed by atoms with Gasteiger partial charge in [-0.2, -0.15) is 5.26 Å². The Morgan fingerprint density at radius 3 is 2.95 bits per heavy atom. The molecule has 3 N–H and O–H groups in total. The average molecular weight is 259 g/mol. The van der Waals surface area contributed by atoms with E-state index in [4.69, 9.17) is 11.0 Å². The van der Waals surface area contributed by atoms with Crippen LogP contribution in [0.2, 0.25) is 0 Å². The van der Waals surface area contributed by atoms with Gasteiger partial charge in [0, 0.05) is 19.1 Å². The van der Waals surface area contributed by atoms with Crippen LogP contribution >= 0.6 is 0 Å². The van der Waals surface area contributed by atoms with Crippen molar-refractivity contribution in [3.63, 3.8) is 0 Å². The van der Waals surface area contributed by atoms with Crippen LogP contribution in [0.3, 0.4) is 0 Å². The number of likely N-dealkylation sites (N-methyl/N-ethyl adjacent to an activating group) is 1. The molecular weight excluding hydrogens is 238 g/mol. The molecule has 0 bridgehead atoms. The molecule has 1 fully saturated rings. The molecule has 2 rings (SSSR count). The van der Waals surface area contributed by atoms with Gasteiger partial charge in [0.25, 0.3) is 0 Å². The average Bonchev–Trinajstić information content (AvgIpc) is 2.94. The summed E-state index contributed by atoms with van der Waals surface area (Å²) in [7, 11) is 2.17. The van der Waals surface area contributed by atoms with E-state index < -0.39 is 0 Å². The number of nitrogen functional groups attached to an aromatic ring is 1. The summed E-state index contributed by atoms with van der Waals surface area (Å²) in [5.74, 6) is 0.622. The predicted octanol–water partition coefficient (Wildman–Crippen LogP) is 1.82. The second-order valence-electron chi connectivity index (χ2n) is 5.12. The molecule has 1 aromatic heterocycles. The molecule has 19 heavy (non-hydrogen) atoms. The number of pyridine rings is 1. The van der Waals surface area contributed by atoms with Gasteiger partial charge in [-0.3, -0.25) is 0 Å². The topological polar surface area (TPSA) is 78.0 Å². The largest absolute Gasteiger partial charge is 0.397 e. The van der Waals surface area contributed by atoms with Gasteiger partial charge < -0.3 is 16.0 Å². The van der Waals surface area contributed by atoms with Crippen molar-refractivity contribution >= 4 is 11.5 Å². The third kappa shape index (κ3) is 3.58. The molecule has 0 atom stereocenters. The van der Waals surface area contributed by atoms with Gasteiger partial charge in [0.05, 0.1) is 17.4 Å².